The monoisotopic (exact) mass is 409 g/mol. The molecule has 9 heteroatoms. The number of halogens is 1. The zero-order chi connectivity index (χ0) is 19.9. The average molecular weight is 410 g/mol. The molecule has 1 saturated heterocycles. The standard InChI is InChI=1S/C20H20ClN7O/c21-16-6-8-17(9-7-16)23-18-24-19(27-22-14-15-4-2-1-3-5-15)26-20(25-18)28-10-12-29-13-11-28/h1-9,14H,10-13H2,(H2,23,24,25,26,27). The topological polar surface area (TPSA) is 87.6 Å². The second-order valence-corrected chi connectivity index (χ2v) is 6.73. The second kappa shape index (κ2) is 9.31. The summed E-state index contributed by atoms with van der Waals surface area (Å²) >= 11 is 5.96. The van der Waals surface area contributed by atoms with Crippen LogP contribution in [0.4, 0.5) is 23.5 Å². The fourth-order valence-electron chi connectivity index (χ4n) is 2.74. The summed E-state index contributed by atoms with van der Waals surface area (Å²) in [7, 11) is 0. The number of nitrogens with one attached hydrogen (secondary N) is 2. The maximum atomic E-state index is 5.96. The molecule has 1 fully saturated rings. The van der Waals surface area contributed by atoms with E-state index in [2.05, 4.69) is 35.7 Å². The van der Waals surface area contributed by atoms with E-state index in [-0.39, 0.29) is 0 Å². The molecule has 0 atom stereocenters. The lowest BCUT2D eigenvalue weighted by Crippen LogP contribution is -2.37. The second-order valence-electron chi connectivity index (χ2n) is 6.29. The SMILES string of the molecule is Clc1ccc(Nc2nc(NN=Cc3ccccc3)nc(N3CCOCC3)n2)cc1. The van der Waals surface area contributed by atoms with Gasteiger partial charge < -0.3 is 15.0 Å². The molecule has 4 rings (SSSR count). The van der Waals surface area contributed by atoms with Crippen molar-refractivity contribution < 1.29 is 4.74 Å². The van der Waals surface area contributed by atoms with Gasteiger partial charge in [0.15, 0.2) is 0 Å². The summed E-state index contributed by atoms with van der Waals surface area (Å²) in [6.07, 6.45) is 1.71. The normalized spacial score (nSPS) is 14.2. The van der Waals surface area contributed by atoms with E-state index < -0.39 is 0 Å². The maximum Gasteiger partial charge on any atom is 0.250 e. The van der Waals surface area contributed by atoms with Crippen molar-refractivity contribution in [1.29, 1.82) is 0 Å². The highest BCUT2D eigenvalue weighted by Gasteiger charge is 2.16. The predicted molar refractivity (Wildman–Crippen MR) is 115 cm³/mol. The maximum absolute atomic E-state index is 5.96. The van der Waals surface area contributed by atoms with Crippen LogP contribution in [0.25, 0.3) is 0 Å². The Morgan fingerprint density at radius 3 is 2.41 bits per heavy atom. The third kappa shape index (κ3) is 5.40. The molecule has 2 N–H and O–H groups in total. The molecule has 0 saturated carbocycles. The fourth-order valence-corrected chi connectivity index (χ4v) is 2.87. The van der Waals surface area contributed by atoms with Crippen molar-refractivity contribution in [2.45, 2.75) is 0 Å². The van der Waals surface area contributed by atoms with Gasteiger partial charge in [-0.15, -0.1) is 0 Å². The number of benzene rings is 2. The molecule has 148 valence electrons. The summed E-state index contributed by atoms with van der Waals surface area (Å²) in [4.78, 5) is 15.5. The highest BCUT2D eigenvalue weighted by atomic mass is 35.5. The van der Waals surface area contributed by atoms with Crippen LogP contribution < -0.4 is 15.6 Å². The summed E-state index contributed by atoms with van der Waals surface area (Å²) in [5.74, 6) is 1.34. The predicted octanol–water partition coefficient (Wildman–Crippen LogP) is 3.55. The highest BCUT2D eigenvalue weighted by Crippen LogP contribution is 2.20. The number of hydrogen-bond acceptors (Lipinski definition) is 8. The third-order valence-electron chi connectivity index (χ3n) is 4.20. The third-order valence-corrected chi connectivity index (χ3v) is 4.45. The first kappa shape index (κ1) is 19.1. The Kier molecular flexibility index (Phi) is 6.13. The molecule has 0 spiro atoms. The molecular formula is C20H20ClN7O. The molecule has 0 aliphatic carbocycles. The molecule has 1 aliphatic rings. The minimum Gasteiger partial charge on any atom is -0.378 e. The minimum absolute atomic E-state index is 0.352. The first-order chi connectivity index (χ1) is 14.3. The van der Waals surface area contributed by atoms with Gasteiger partial charge in [-0.1, -0.05) is 41.9 Å². The largest absolute Gasteiger partial charge is 0.378 e. The minimum atomic E-state index is 0.352. The van der Waals surface area contributed by atoms with Crippen molar-refractivity contribution in [1.82, 2.24) is 15.0 Å². The van der Waals surface area contributed by atoms with E-state index in [0.29, 0.717) is 36.1 Å². The van der Waals surface area contributed by atoms with Gasteiger partial charge in [-0.3, -0.25) is 0 Å². The van der Waals surface area contributed by atoms with Gasteiger partial charge in [0.2, 0.25) is 17.8 Å². The molecule has 0 unspecified atom stereocenters. The van der Waals surface area contributed by atoms with E-state index in [1.807, 2.05) is 42.5 Å². The number of rotatable bonds is 6. The zero-order valence-electron chi connectivity index (χ0n) is 15.6. The van der Waals surface area contributed by atoms with Gasteiger partial charge in [0.1, 0.15) is 0 Å². The Bertz CT molecular complexity index is 960. The van der Waals surface area contributed by atoms with Crippen molar-refractivity contribution in [2.75, 3.05) is 41.9 Å². The average Bonchev–Trinajstić information content (AvgIpc) is 2.77. The van der Waals surface area contributed by atoms with Gasteiger partial charge in [-0.05, 0) is 29.8 Å². The molecule has 29 heavy (non-hydrogen) atoms. The Labute approximate surface area is 173 Å². The van der Waals surface area contributed by atoms with Crippen LogP contribution in [0.1, 0.15) is 5.56 Å². The Hall–Kier alpha value is -3.23. The van der Waals surface area contributed by atoms with Gasteiger partial charge in [0.05, 0.1) is 19.4 Å². The molecule has 2 aromatic carbocycles. The van der Waals surface area contributed by atoms with Crippen LogP contribution >= 0.6 is 11.6 Å². The van der Waals surface area contributed by atoms with Gasteiger partial charge in [-0.25, -0.2) is 5.43 Å². The van der Waals surface area contributed by atoms with E-state index in [1.165, 1.54) is 0 Å². The molecule has 1 aromatic heterocycles. The number of nitrogens with zero attached hydrogens (tertiary/aromatic N) is 5. The molecular weight excluding hydrogens is 390 g/mol. The van der Waals surface area contributed by atoms with Gasteiger partial charge in [0.25, 0.3) is 0 Å². The Morgan fingerprint density at radius 2 is 1.66 bits per heavy atom. The van der Waals surface area contributed by atoms with Crippen molar-refractivity contribution in [2.24, 2.45) is 5.10 Å². The summed E-state index contributed by atoms with van der Waals surface area (Å²) in [5, 5.41) is 8.09. The lowest BCUT2D eigenvalue weighted by atomic mass is 10.2. The van der Waals surface area contributed by atoms with E-state index in [4.69, 9.17) is 16.3 Å². The van der Waals surface area contributed by atoms with Gasteiger partial charge >= 0.3 is 0 Å². The summed E-state index contributed by atoms with van der Waals surface area (Å²) in [6.45, 7) is 2.72. The summed E-state index contributed by atoms with van der Waals surface area (Å²) < 4.78 is 5.42. The lowest BCUT2D eigenvalue weighted by Gasteiger charge is -2.27. The molecule has 0 radical (unpaired) electrons. The van der Waals surface area contributed by atoms with E-state index >= 15 is 0 Å². The highest BCUT2D eigenvalue weighted by molar-refractivity contribution is 6.30. The van der Waals surface area contributed by atoms with Crippen LogP contribution in [-0.4, -0.2) is 47.5 Å². The molecule has 1 aliphatic heterocycles. The summed E-state index contributed by atoms with van der Waals surface area (Å²) in [5.41, 5.74) is 4.70. The van der Waals surface area contributed by atoms with Crippen molar-refractivity contribution in [3.05, 3.63) is 65.2 Å². The molecule has 3 aromatic rings. The molecule has 2 heterocycles. The molecule has 0 amide bonds. The van der Waals surface area contributed by atoms with Gasteiger partial charge in [0, 0.05) is 23.8 Å². The number of morpholine rings is 1. The van der Waals surface area contributed by atoms with E-state index in [9.17, 15) is 0 Å². The quantitative estimate of drug-likeness (QED) is 0.475. The smallest absolute Gasteiger partial charge is 0.250 e. The zero-order valence-corrected chi connectivity index (χ0v) is 16.4. The number of aromatic nitrogens is 3. The van der Waals surface area contributed by atoms with Crippen molar-refractivity contribution >= 4 is 41.3 Å². The Balaban J connectivity index is 1.56. The lowest BCUT2D eigenvalue weighted by molar-refractivity contribution is 0.122. The first-order valence-corrected chi connectivity index (χ1v) is 9.59. The van der Waals surface area contributed by atoms with Crippen LogP contribution in [0.3, 0.4) is 0 Å². The van der Waals surface area contributed by atoms with E-state index in [1.54, 1.807) is 18.3 Å². The number of anilines is 4. The van der Waals surface area contributed by atoms with Gasteiger partial charge in [-0.2, -0.15) is 20.1 Å². The van der Waals surface area contributed by atoms with Crippen LogP contribution in [-0.2, 0) is 4.74 Å². The van der Waals surface area contributed by atoms with Crippen LogP contribution in [0.2, 0.25) is 5.02 Å². The number of hydrogen-bond donors (Lipinski definition) is 2. The van der Waals surface area contributed by atoms with Crippen LogP contribution in [0.15, 0.2) is 59.7 Å². The molecule has 8 nitrogen and oxygen atoms in total. The fraction of sp³-hybridized carbons (Fsp3) is 0.200. The number of hydrazone groups is 1. The van der Waals surface area contributed by atoms with E-state index in [0.717, 1.165) is 24.3 Å². The first-order valence-electron chi connectivity index (χ1n) is 9.22. The summed E-state index contributed by atoms with van der Waals surface area (Å²) in [6, 6.07) is 17.1. The van der Waals surface area contributed by atoms with Crippen LogP contribution in [0.5, 0.6) is 0 Å². The van der Waals surface area contributed by atoms with Crippen LogP contribution in [0, 0.1) is 0 Å². The van der Waals surface area contributed by atoms with Crippen molar-refractivity contribution in [3.8, 4) is 0 Å². The van der Waals surface area contributed by atoms with Crippen molar-refractivity contribution in [3.63, 3.8) is 0 Å². The Morgan fingerprint density at radius 1 is 0.931 bits per heavy atom. The number of ether oxygens (including phenoxy) is 1. The molecule has 0 bridgehead atoms.